The van der Waals surface area contributed by atoms with Gasteiger partial charge in [-0.15, -0.1) is 0 Å². The van der Waals surface area contributed by atoms with Gasteiger partial charge in [0.1, 0.15) is 0 Å². The van der Waals surface area contributed by atoms with Gasteiger partial charge in [0.25, 0.3) is 0 Å². The largest absolute Gasteiger partial charge is 0.294 e. The predicted molar refractivity (Wildman–Crippen MR) is 94.1 cm³/mol. The first-order valence-electron chi connectivity index (χ1n) is 6.66. The molecule has 122 valence electrons. The van der Waals surface area contributed by atoms with E-state index in [0.717, 1.165) is 0 Å². The molecule has 0 aliphatic heterocycles. The van der Waals surface area contributed by atoms with E-state index in [1.807, 2.05) is 0 Å². The maximum Gasteiger partial charge on any atom is 0.170 e. The van der Waals surface area contributed by atoms with E-state index in [1.165, 1.54) is 0 Å². The lowest BCUT2D eigenvalue weighted by Gasteiger charge is -2.25. The van der Waals surface area contributed by atoms with Crippen LogP contribution >= 0.6 is 46.4 Å². The summed E-state index contributed by atoms with van der Waals surface area (Å²) in [6, 6.07) is 0. The molecule has 0 bridgehead atoms. The van der Waals surface area contributed by atoms with Gasteiger partial charge in [0.15, 0.2) is 11.6 Å². The summed E-state index contributed by atoms with van der Waals surface area (Å²) in [5.74, 6) is -0.629. The highest BCUT2D eigenvalue weighted by atomic mass is 35.5. The van der Waals surface area contributed by atoms with Crippen LogP contribution in [0.5, 0.6) is 0 Å². The van der Waals surface area contributed by atoms with Crippen molar-refractivity contribution in [3.63, 3.8) is 0 Å². The van der Waals surface area contributed by atoms with Crippen molar-refractivity contribution in [2.24, 2.45) is 10.8 Å². The predicted octanol–water partition coefficient (Wildman–Crippen LogP) is 6.76. The molecule has 0 saturated carbocycles. The Morgan fingerprint density at radius 2 is 0.818 bits per heavy atom. The molecule has 0 aromatic heterocycles. The van der Waals surface area contributed by atoms with Gasteiger partial charge in [-0.3, -0.25) is 9.59 Å². The lowest BCUT2D eigenvalue weighted by atomic mass is 9.79. The minimum absolute atomic E-state index is 0.0219. The second-order valence-corrected chi connectivity index (χ2v) is 8.68. The standard InChI is InChI=1S/C16H18Cl4O2/c1-15(2,3)13(21)7-8(14(22)16(4,5)6)10(18)12(20)11(19)9(7)17/h1-6H3. The van der Waals surface area contributed by atoms with Crippen LogP contribution in [0.25, 0.3) is 0 Å². The summed E-state index contributed by atoms with van der Waals surface area (Å²) in [4.78, 5) is 25.5. The first-order valence-corrected chi connectivity index (χ1v) is 8.18. The average Bonchev–Trinajstić information content (AvgIpc) is 2.36. The van der Waals surface area contributed by atoms with Crippen LogP contribution in [0.15, 0.2) is 0 Å². The molecule has 0 spiro atoms. The fourth-order valence-electron chi connectivity index (χ4n) is 1.81. The number of ketones is 2. The first-order chi connectivity index (χ1) is 9.71. The van der Waals surface area contributed by atoms with Gasteiger partial charge in [0.2, 0.25) is 0 Å². The second kappa shape index (κ2) is 6.32. The molecule has 0 atom stereocenters. The van der Waals surface area contributed by atoms with Gasteiger partial charge in [-0.05, 0) is 0 Å². The van der Waals surface area contributed by atoms with E-state index in [2.05, 4.69) is 0 Å². The monoisotopic (exact) mass is 382 g/mol. The van der Waals surface area contributed by atoms with Gasteiger partial charge in [-0.2, -0.15) is 0 Å². The van der Waals surface area contributed by atoms with Crippen LogP contribution in [0.3, 0.4) is 0 Å². The van der Waals surface area contributed by atoms with E-state index in [9.17, 15) is 9.59 Å². The fourth-order valence-corrected chi connectivity index (χ4v) is 2.83. The molecule has 2 nitrogen and oxygen atoms in total. The van der Waals surface area contributed by atoms with Gasteiger partial charge in [-0.1, -0.05) is 87.9 Å². The summed E-state index contributed by atoms with van der Waals surface area (Å²) in [7, 11) is 0. The summed E-state index contributed by atoms with van der Waals surface area (Å²) < 4.78 is 0. The normalized spacial score (nSPS) is 12.5. The summed E-state index contributed by atoms with van der Waals surface area (Å²) in [5.41, 5.74) is -1.43. The second-order valence-electron chi connectivity index (χ2n) is 7.16. The molecule has 0 N–H and O–H groups in total. The van der Waals surface area contributed by atoms with Crippen molar-refractivity contribution < 1.29 is 9.59 Å². The Bertz CT molecular complexity index is 593. The smallest absolute Gasteiger partial charge is 0.170 e. The van der Waals surface area contributed by atoms with Crippen molar-refractivity contribution >= 4 is 58.0 Å². The zero-order chi connectivity index (χ0) is 17.6. The lowest BCUT2D eigenvalue weighted by Crippen LogP contribution is -2.28. The van der Waals surface area contributed by atoms with Crippen LogP contribution in [0, 0.1) is 10.8 Å². The molecule has 0 unspecified atom stereocenters. The van der Waals surface area contributed by atoms with Gasteiger partial charge in [-0.25, -0.2) is 0 Å². The number of Topliss-reactive ketones (excluding diaryl/α,β-unsaturated/α-hetero) is 2. The Balaban J connectivity index is 3.90. The van der Waals surface area contributed by atoms with E-state index in [0.29, 0.717) is 0 Å². The molecule has 0 aliphatic rings. The number of rotatable bonds is 2. The Kier molecular flexibility index (Phi) is 5.67. The molecule has 0 heterocycles. The summed E-state index contributed by atoms with van der Waals surface area (Å²) in [6.07, 6.45) is 0. The Labute approximate surface area is 151 Å². The topological polar surface area (TPSA) is 34.1 Å². The zero-order valence-corrected chi connectivity index (χ0v) is 16.4. The van der Waals surface area contributed by atoms with Crippen LogP contribution in [0.4, 0.5) is 0 Å². The highest BCUT2D eigenvalue weighted by molar-refractivity contribution is 6.54. The van der Waals surface area contributed by atoms with Gasteiger partial charge < -0.3 is 0 Å². The molecular formula is C16H18Cl4O2. The Morgan fingerprint density at radius 1 is 0.591 bits per heavy atom. The zero-order valence-electron chi connectivity index (χ0n) is 13.3. The van der Waals surface area contributed by atoms with Crippen molar-refractivity contribution in [3.8, 4) is 0 Å². The number of hydrogen-bond acceptors (Lipinski definition) is 2. The molecule has 0 amide bonds. The molecule has 1 rings (SSSR count). The number of benzene rings is 1. The highest BCUT2D eigenvalue weighted by Gasteiger charge is 2.36. The third kappa shape index (κ3) is 3.62. The van der Waals surface area contributed by atoms with Crippen LogP contribution in [0.2, 0.25) is 20.1 Å². The molecular weight excluding hydrogens is 366 g/mol. The third-order valence-corrected chi connectivity index (χ3v) is 4.89. The third-order valence-electron chi connectivity index (χ3n) is 3.08. The molecule has 0 aliphatic carbocycles. The van der Waals surface area contributed by atoms with Crippen LogP contribution in [-0.4, -0.2) is 11.6 Å². The molecule has 0 radical (unpaired) electrons. The number of hydrogen-bond donors (Lipinski definition) is 0. The van der Waals surface area contributed by atoms with E-state index < -0.39 is 10.8 Å². The molecule has 6 heteroatoms. The van der Waals surface area contributed by atoms with E-state index >= 15 is 0 Å². The fraction of sp³-hybridized carbons (Fsp3) is 0.500. The number of halogens is 4. The molecule has 0 fully saturated rings. The van der Waals surface area contributed by atoms with E-state index in [1.54, 1.807) is 41.5 Å². The quantitative estimate of drug-likeness (QED) is 0.321. The first kappa shape index (κ1) is 19.8. The SMILES string of the molecule is CC(C)(C)C(=O)c1c(Cl)c(Cl)c(Cl)c(Cl)c1C(=O)C(C)(C)C. The molecule has 1 aromatic carbocycles. The Hall–Kier alpha value is -0.280. The lowest BCUT2D eigenvalue weighted by molar-refractivity contribution is 0.0824. The van der Waals surface area contributed by atoms with E-state index in [4.69, 9.17) is 46.4 Å². The van der Waals surface area contributed by atoms with Gasteiger partial charge in [0.05, 0.1) is 31.2 Å². The number of carbonyl (C=O) groups is 2. The molecule has 0 saturated heterocycles. The van der Waals surface area contributed by atoms with E-state index in [-0.39, 0.29) is 42.8 Å². The Morgan fingerprint density at radius 3 is 1.00 bits per heavy atom. The summed E-state index contributed by atoms with van der Waals surface area (Å²) >= 11 is 24.6. The van der Waals surface area contributed by atoms with Crippen LogP contribution in [0.1, 0.15) is 62.3 Å². The minimum Gasteiger partial charge on any atom is -0.294 e. The van der Waals surface area contributed by atoms with Crippen LogP contribution in [-0.2, 0) is 0 Å². The molecule has 22 heavy (non-hydrogen) atoms. The molecule has 1 aromatic rings. The van der Waals surface area contributed by atoms with Crippen LogP contribution < -0.4 is 0 Å². The summed E-state index contributed by atoms with van der Waals surface area (Å²) in [6.45, 7) is 10.4. The minimum atomic E-state index is -0.753. The maximum atomic E-state index is 12.8. The van der Waals surface area contributed by atoms with Crippen molar-refractivity contribution in [2.45, 2.75) is 41.5 Å². The average molecular weight is 384 g/mol. The highest BCUT2D eigenvalue weighted by Crippen LogP contribution is 2.45. The summed E-state index contributed by atoms with van der Waals surface area (Å²) in [5, 5.41) is -0.120. The van der Waals surface area contributed by atoms with Gasteiger partial charge >= 0.3 is 0 Å². The van der Waals surface area contributed by atoms with Gasteiger partial charge in [0, 0.05) is 10.8 Å². The van der Waals surface area contributed by atoms with Crippen molar-refractivity contribution in [2.75, 3.05) is 0 Å². The van der Waals surface area contributed by atoms with Crippen molar-refractivity contribution in [1.82, 2.24) is 0 Å². The van der Waals surface area contributed by atoms with Crippen molar-refractivity contribution in [3.05, 3.63) is 31.2 Å². The number of carbonyl (C=O) groups excluding carboxylic acids is 2. The van der Waals surface area contributed by atoms with Crippen molar-refractivity contribution in [1.29, 1.82) is 0 Å². The maximum absolute atomic E-state index is 12.8.